The third-order valence-electron chi connectivity index (χ3n) is 4.64. The lowest BCUT2D eigenvalue weighted by atomic mass is 9.81. The van der Waals surface area contributed by atoms with Gasteiger partial charge >= 0.3 is 0 Å². The minimum absolute atomic E-state index is 0.164. The Hall–Kier alpha value is -1.21. The number of benzene rings is 1. The maximum absolute atomic E-state index is 12.5. The molecule has 0 unspecified atom stereocenters. The summed E-state index contributed by atoms with van der Waals surface area (Å²) in [6, 6.07) is 7.38. The van der Waals surface area contributed by atoms with Gasteiger partial charge in [0.1, 0.15) is 6.54 Å². The molecule has 1 aromatic carbocycles. The summed E-state index contributed by atoms with van der Waals surface area (Å²) in [5.74, 6) is -1.45. The van der Waals surface area contributed by atoms with Crippen LogP contribution in [0.25, 0.3) is 0 Å². The average Bonchev–Trinajstić information content (AvgIpc) is 2.75. The van der Waals surface area contributed by atoms with Crippen molar-refractivity contribution in [2.45, 2.75) is 29.4 Å². The molecule has 1 aromatic rings. The van der Waals surface area contributed by atoms with E-state index < -0.39 is 0 Å². The smallest absolute Gasteiger partial charge is 0.244 e. The van der Waals surface area contributed by atoms with Gasteiger partial charge in [-0.3, -0.25) is 19.3 Å². The van der Waals surface area contributed by atoms with Crippen molar-refractivity contribution in [2.24, 2.45) is 11.8 Å². The van der Waals surface area contributed by atoms with Gasteiger partial charge in [-0.25, -0.2) is 0 Å². The summed E-state index contributed by atoms with van der Waals surface area (Å²) in [4.78, 5) is 38.7. The van der Waals surface area contributed by atoms with Crippen LogP contribution in [0.1, 0.15) is 18.4 Å². The summed E-state index contributed by atoms with van der Waals surface area (Å²) >= 11 is 7.10. The first kappa shape index (κ1) is 17.6. The summed E-state index contributed by atoms with van der Waals surface area (Å²) in [5.41, 5.74) is 1.75. The minimum Gasteiger partial charge on any atom is -0.325 e. The van der Waals surface area contributed by atoms with Gasteiger partial charge in [-0.2, -0.15) is 0 Å². The molecule has 1 saturated heterocycles. The zero-order chi connectivity index (χ0) is 17.4. The summed E-state index contributed by atoms with van der Waals surface area (Å²) in [6.45, 7) is 1.74. The highest BCUT2D eigenvalue weighted by Gasteiger charge is 2.52. The highest BCUT2D eigenvalue weighted by Crippen LogP contribution is 2.43. The molecule has 0 radical (unpaired) electrons. The number of halogens is 2. The topological polar surface area (TPSA) is 66.5 Å². The van der Waals surface area contributed by atoms with E-state index in [0.29, 0.717) is 18.5 Å². The van der Waals surface area contributed by atoms with Gasteiger partial charge in [-0.05, 0) is 31.9 Å². The number of rotatable bonds is 3. The maximum atomic E-state index is 12.5. The molecule has 0 aromatic heterocycles. The molecule has 1 aliphatic heterocycles. The molecule has 5 nitrogen and oxygen atoms in total. The predicted molar refractivity (Wildman–Crippen MR) is 98.2 cm³/mol. The zero-order valence-corrected chi connectivity index (χ0v) is 16.3. The van der Waals surface area contributed by atoms with Crippen molar-refractivity contribution in [2.75, 3.05) is 11.9 Å². The molecule has 1 saturated carbocycles. The SMILES string of the molecule is Cc1ccc(NC(=O)CN2C(=O)[C@H]3C[C@H](Br)[C@@H](Br)C[C@H]3C2=O)cc1. The normalized spacial score (nSPS) is 29.5. The molecule has 24 heavy (non-hydrogen) atoms. The molecule has 1 heterocycles. The van der Waals surface area contributed by atoms with E-state index >= 15 is 0 Å². The third-order valence-corrected chi connectivity index (χ3v) is 7.37. The number of aryl methyl sites for hydroxylation is 1. The number of carbonyl (C=O) groups is 3. The molecule has 0 spiro atoms. The van der Waals surface area contributed by atoms with Crippen molar-refractivity contribution in [3.63, 3.8) is 0 Å². The maximum Gasteiger partial charge on any atom is 0.244 e. The van der Waals surface area contributed by atoms with Gasteiger partial charge in [0.25, 0.3) is 0 Å². The summed E-state index contributed by atoms with van der Waals surface area (Å²) in [6.07, 6.45) is 1.22. The van der Waals surface area contributed by atoms with Crippen LogP contribution in [0.3, 0.4) is 0 Å². The van der Waals surface area contributed by atoms with Crippen molar-refractivity contribution in [1.82, 2.24) is 4.90 Å². The Balaban J connectivity index is 1.66. The van der Waals surface area contributed by atoms with Crippen molar-refractivity contribution < 1.29 is 14.4 Å². The Labute approximate surface area is 157 Å². The molecule has 2 aliphatic rings. The molecule has 1 aliphatic carbocycles. The summed E-state index contributed by atoms with van der Waals surface area (Å²) in [7, 11) is 0. The largest absolute Gasteiger partial charge is 0.325 e. The molecular formula is C17H18Br2N2O3. The van der Waals surface area contributed by atoms with E-state index in [0.717, 1.165) is 10.5 Å². The molecule has 0 bridgehead atoms. The second-order valence-corrected chi connectivity index (χ2v) is 8.75. The van der Waals surface area contributed by atoms with Gasteiger partial charge < -0.3 is 5.32 Å². The first-order chi connectivity index (χ1) is 11.4. The lowest BCUT2D eigenvalue weighted by molar-refractivity contribution is -0.142. The Kier molecular flexibility index (Phi) is 5.11. The van der Waals surface area contributed by atoms with Crippen LogP contribution in [-0.2, 0) is 14.4 Å². The zero-order valence-electron chi connectivity index (χ0n) is 13.2. The highest BCUT2D eigenvalue weighted by atomic mass is 79.9. The van der Waals surface area contributed by atoms with Crippen molar-refractivity contribution in [3.8, 4) is 0 Å². The molecule has 2 fully saturated rings. The second kappa shape index (κ2) is 6.96. The van der Waals surface area contributed by atoms with Gasteiger partial charge in [0.05, 0.1) is 11.8 Å². The lowest BCUT2D eigenvalue weighted by Crippen LogP contribution is -2.38. The highest BCUT2D eigenvalue weighted by molar-refractivity contribution is 9.12. The van der Waals surface area contributed by atoms with Crippen LogP contribution in [0.2, 0.25) is 0 Å². The third kappa shape index (κ3) is 3.42. The Bertz CT molecular complexity index is 649. The molecule has 1 N–H and O–H groups in total. The fourth-order valence-electron chi connectivity index (χ4n) is 3.30. The van der Waals surface area contributed by atoms with Crippen molar-refractivity contribution >= 4 is 55.3 Å². The number of alkyl halides is 2. The van der Waals surface area contributed by atoms with E-state index in [-0.39, 0.29) is 45.8 Å². The van der Waals surface area contributed by atoms with E-state index in [1.54, 1.807) is 12.1 Å². The number of amides is 3. The summed E-state index contributed by atoms with van der Waals surface area (Å²) < 4.78 is 0. The van der Waals surface area contributed by atoms with E-state index in [9.17, 15) is 14.4 Å². The number of likely N-dealkylation sites (tertiary alicyclic amines) is 1. The Morgan fingerprint density at radius 3 is 2.08 bits per heavy atom. The number of fused-ring (bicyclic) bond motifs is 1. The molecular weight excluding hydrogens is 440 g/mol. The first-order valence-corrected chi connectivity index (χ1v) is 9.70. The standard InChI is InChI=1S/C17H18Br2N2O3/c1-9-2-4-10(5-3-9)20-15(22)8-21-16(23)11-6-13(18)14(19)7-12(11)17(21)24/h2-5,11-14H,6-8H2,1H3,(H,20,22)/t11-,12+,13-,14-/m0/s1. The minimum atomic E-state index is -0.356. The second-order valence-electron chi connectivity index (χ2n) is 6.39. The first-order valence-electron chi connectivity index (χ1n) is 7.86. The van der Waals surface area contributed by atoms with Crippen LogP contribution in [-0.4, -0.2) is 38.8 Å². The number of nitrogens with one attached hydrogen (secondary N) is 1. The number of hydrogen-bond donors (Lipinski definition) is 1. The van der Waals surface area contributed by atoms with Gasteiger partial charge in [0, 0.05) is 15.3 Å². The molecule has 4 atom stereocenters. The number of imide groups is 1. The van der Waals surface area contributed by atoms with Crippen LogP contribution in [0.5, 0.6) is 0 Å². The van der Waals surface area contributed by atoms with Crippen LogP contribution < -0.4 is 5.32 Å². The van der Waals surface area contributed by atoms with Crippen LogP contribution in [0.15, 0.2) is 24.3 Å². The van der Waals surface area contributed by atoms with Gasteiger partial charge in [-0.15, -0.1) is 0 Å². The summed E-state index contributed by atoms with van der Waals surface area (Å²) in [5, 5.41) is 2.73. The fraction of sp³-hybridized carbons (Fsp3) is 0.471. The van der Waals surface area contributed by atoms with Gasteiger partial charge in [-0.1, -0.05) is 49.6 Å². The van der Waals surface area contributed by atoms with E-state index in [1.165, 1.54) is 0 Å². The Morgan fingerprint density at radius 2 is 1.58 bits per heavy atom. The van der Waals surface area contributed by atoms with Crippen LogP contribution >= 0.6 is 31.9 Å². The lowest BCUT2D eigenvalue weighted by Gasteiger charge is -2.29. The molecule has 3 amide bonds. The average molecular weight is 458 g/mol. The molecule has 7 heteroatoms. The van der Waals surface area contributed by atoms with E-state index in [1.807, 2.05) is 19.1 Å². The molecule has 3 rings (SSSR count). The number of anilines is 1. The van der Waals surface area contributed by atoms with Crippen LogP contribution in [0, 0.1) is 18.8 Å². The van der Waals surface area contributed by atoms with Crippen LogP contribution in [0.4, 0.5) is 5.69 Å². The van der Waals surface area contributed by atoms with E-state index in [2.05, 4.69) is 37.2 Å². The fourth-order valence-corrected chi connectivity index (χ4v) is 4.54. The van der Waals surface area contributed by atoms with Crippen molar-refractivity contribution in [1.29, 1.82) is 0 Å². The van der Waals surface area contributed by atoms with E-state index in [4.69, 9.17) is 0 Å². The Morgan fingerprint density at radius 1 is 1.08 bits per heavy atom. The number of carbonyl (C=O) groups excluding carboxylic acids is 3. The van der Waals surface area contributed by atoms with Gasteiger partial charge in [0.15, 0.2) is 0 Å². The van der Waals surface area contributed by atoms with Gasteiger partial charge in [0.2, 0.25) is 17.7 Å². The number of nitrogens with zero attached hydrogens (tertiary/aromatic N) is 1. The van der Waals surface area contributed by atoms with Crippen molar-refractivity contribution in [3.05, 3.63) is 29.8 Å². The quantitative estimate of drug-likeness (QED) is 0.560. The monoisotopic (exact) mass is 456 g/mol. The number of hydrogen-bond acceptors (Lipinski definition) is 3. The predicted octanol–water partition coefficient (Wildman–Crippen LogP) is 2.86. The molecule has 128 valence electrons.